The Morgan fingerprint density at radius 1 is 1.06 bits per heavy atom. The number of hydrogen-bond donors (Lipinski definition) is 0. The summed E-state index contributed by atoms with van der Waals surface area (Å²) < 4.78 is 29.7. The van der Waals surface area contributed by atoms with Crippen LogP contribution in [0.25, 0.3) is 0 Å². The highest BCUT2D eigenvalue weighted by Crippen LogP contribution is 2.13. The number of rotatable bonds is 8. The van der Waals surface area contributed by atoms with E-state index in [2.05, 4.69) is 4.99 Å². The third-order valence-electron chi connectivity index (χ3n) is 4.96. The second kappa shape index (κ2) is 10.2. The average Bonchev–Trinajstić information content (AvgIpc) is 3.18. The minimum atomic E-state index is -3.74. The molecular formula is C22H26N4O4S2. The summed E-state index contributed by atoms with van der Waals surface area (Å²) in [7, 11) is -3.74. The molecule has 0 spiro atoms. The van der Waals surface area contributed by atoms with Crippen molar-refractivity contribution in [2.45, 2.75) is 38.8 Å². The van der Waals surface area contributed by atoms with Crippen LogP contribution in [0.5, 0.6) is 0 Å². The number of carbonyl (C=O) groups is 1. The van der Waals surface area contributed by atoms with Gasteiger partial charge < -0.3 is 9.13 Å². The third-order valence-corrected chi connectivity index (χ3v) is 7.79. The molecule has 0 atom stereocenters. The van der Waals surface area contributed by atoms with Crippen molar-refractivity contribution in [2.75, 3.05) is 13.1 Å². The topological polar surface area (TPSA) is 93.7 Å². The number of pyridine rings is 1. The van der Waals surface area contributed by atoms with Crippen LogP contribution < -0.4 is 10.4 Å². The third kappa shape index (κ3) is 5.50. The Balaban J connectivity index is 1.84. The van der Waals surface area contributed by atoms with Crippen molar-refractivity contribution in [2.24, 2.45) is 4.99 Å². The largest absolute Gasteiger partial charge is 0.319 e. The maximum atomic E-state index is 12.7. The van der Waals surface area contributed by atoms with E-state index in [1.54, 1.807) is 13.8 Å². The van der Waals surface area contributed by atoms with Crippen LogP contribution in [0.15, 0.2) is 68.9 Å². The van der Waals surface area contributed by atoms with Crippen molar-refractivity contribution >= 4 is 27.3 Å². The summed E-state index contributed by atoms with van der Waals surface area (Å²) in [6.07, 6.45) is 3.05. The molecule has 0 aliphatic heterocycles. The van der Waals surface area contributed by atoms with Gasteiger partial charge in [-0.2, -0.15) is 9.30 Å². The first-order valence-electron chi connectivity index (χ1n) is 10.2. The molecule has 0 aliphatic carbocycles. The zero-order valence-corrected chi connectivity index (χ0v) is 19.9. The van der Waals surface area contributed by atoms with E-state index in [0.29, 0.717) is 24.4 Å². The summed E-state index contributed by atoms with van der Waals surface area (Å²) in [5.74, 6) is -0.537. The van der Waals surface area contributed by atoms with Gasteiger partial charge in [0.2, 0.25) is 10.0 Å². The molecule has 0 saturated carbocycles. The SMILES string of the molecule is CCN(CC)S(=O)(=O)c1ccc(=O)n(CC(=O)N=c2sccn2Cc2ccc(C)cc2)c1. The maximum absolute atomic E-state index is 12.7. The Hall–Kier alpha value is -2.82. The van der Waals surface area contributed by atoms with E-state index >= 15 is 0 Å². The van der Waals surface area contributed by atoms with Gasteiger partial charge in [0.25, 0.3) is 11.5 Å². The van der Waals surface area contributed by atoms with Crippen molar-refractivity contribution < 1.29 is 13.2 Å². The molecule has 0 bridgehead atoms. The van der Waals surface area contributed by atoms with E-state index in [4.69, 9.17) is 0 Å². The van der Waals surface area contributed by atoms with Crippen molar-refractivity contribution in [1.29, 1.82) is 0 Å². The number of hydrogen-bond acceptors (Lipinski definition) is 5. The molecule has 0 unspecified atom stereocenters. The highest BCUT2D eigenvalue weighted by Gasteiger charge is 2.22. The lowest BCUT2D eigenvalue weighted by Crippen LogP contribution is -2.32. The molecule has 0 aliphatic rings. The summed E-state index contributed by atoms with van der Waals surface area (Å²) in [5.41, 5.74) is 1.78. The fraction of sp³-hybridized carbons (Fsp3) is 0.318. The molecule has 10 heteroatoms. The van der Waals surface area contributed by atoms with Gasteiger partial charge in [0.05, 0.1) is 4.90 Å². The second-order valence-corrected chi connectivity index (χ2v) is 10.0. The number of benzene rings is 1. The fourth-order valence-corrected chi connectivity index (χ4v) is 5.41. The van der Waals surface area contributed by atoms with Crippen LogP contribution in [-0.2, 0) is 27.9 Å². The smallest absolute Gasteiger partial charge is 0.268 e. The van der Waals surface area contributed by atoms with Gasteiger partial charge in [-0.15, -0.1) is 11.3 Å². The molecule has 8 nitrogen and oxygen atoms in total. The van der Waals surface area contributed by atoms with Crippen molar-refractivity contribution in [3.05, 3.63) is 80.5 Å². The monoisotopic (exact) mass is 474 g/mol. The minimum absolute atomic E-state index is 0.0286. The molecule has 2 heterocycles. The van der Waals surface area contributed by atoms with Crippen LogP contribution in [0.4, 0.5) is 0 Å². The summed E-state index contributed by atoms with van der Waals surface area (Å²) in [6, 6.07) is 10.5. The second-order valence-electron chi connectivity index (χ2n) is 7.22. The predicted octanol–water partition coefficient (Wildman–Crippen LogP) is 2.23. The number of carbonyl (C=O) groups excluding carboxylic acids is 1. The van der Waals surface area contributed by atoms with E-state index in [1.165, 1.54) is 33.5 Å². The molecule has 3 rings (SSSR count). The number of nitrogens with zero attached hydrogens (tertiary/aromatic N) is 4. The molecule has 0 saturated heterocycles. The number of aryl methyl sites for hydroxylation is 1. The molecule has 2 aromatic heterocycles. The Kier molecular flexibility index (Phi) is 7.60. The van der Waals surface area contributed by atoms with Gasteiger partial charge in [0, 0.05) is 43.5 Å². The molecule has 1 amide bonds. The number of aromatic nitrogens is 2. The number of amides is 1. The van der Waals surface area contributed by atoms with Gasteiger partial charge in [-0.3, -0.25) is 9.59 Å². The lowest BCUT2D eigenvalue weighted by Gasteiger charge is -2.18. The van der Waals surface area contributed by atoms with Gasteiger partial charge in [-0.05, 0) is 18.6 Å². The normalized spacial score (nSPS) is 12.4. The van der Waals surface area contributed by atoms with Crippen LogP contribution in [-0.4, -0.2) is 40.9 Å². The van der Waals surface area contributed by atoms with Crippen LogP contribution >= 0.6 is 11.3 Å². The standard InChI is InChI=1S/C22H26N4O4S2/c1-4-26(5-2)32(29,30)19-10-11-21(28)25(15-19)16-20(27)23-22-24(12-13-31-22)14-18-8-6-17(3)7-9-18/h6-13,15H,4-5,14,16H2,1-3H3. The highest BCUT2D eigenvalue weighted by atomic mass is 32.2. The summed E-state index contributed by atoms with van der Waals surface area (Å²) in [6.45, 7) is 6.34. The lowest BCUT2D eigenvalue weighted by atomic mass is 10.1. The maximum Gasteiger partial charge on any atom is 0.268 e. The predicted molar refractivity (Wildman–Crippen MR) is 124 cm³/mol. The molecular weight excluding hydrogens is 448 g/mol. The molecule has 1 aromatic carbocycles. The Bertz CT molecular complexity index is 1310. The summed E-state index contributed by atoms with van der Waals surface area (Å²) in [5, 5.41) is 1.84. The van der Waals surface area contributed by atoms with Gasteiger partial charge in [0.15, 0.2) is 4.80 Å². The van der Waals surface area contributed by atoms with Gasteiger partial charge in [-0.1, -0.05) is 43.7 Å². The molecule has 3 aromatic rings. The minimum Gasteiger partial charge on any atom is -0.319 e. The molecule has 0 fully saturated rings. The van der Waals surface area contributed by atoms with E-state index in [9.17, 15) is 18.0 Å². The average molecular weight is 475 g/mol. The Labute approximate surface area is 191 Å². The zero-order valence-electron chi connectivity index (χ0n) is 18.3. The van der Waals surface area contributed by atoms with Crippen LogP contribution in [0.1, 0.15) is 25.0 Å². The van der Waals surface area contributed by atoms with Crippen LogP contribution in [0.2, 0.25) is 0 Å². The Morgan fingerprint density at radius 2 is 1.75 bits per heavy atom. The molecule has 0 radical (unpaired) electrons. The first-order chi connectivity index (χ1) is 15.2. The molecule has 0 N–H and O–H groups in total. The van der Waals surface area contributed by atoms with E-state index in [0.717, 1.165) is 16.2 Å². The zero-order chi connectivity index (χ0) is 23.3. The molecule has 170 valence electrons. The number of thiazole rings is 1. The van der Waals surface area contributed by atoms with Gasteiger partial charge in [-0.25, -0.2) is 8.42 Å². The first-order valence-corrected chi connectivity index (χ1v) is 12.5. The lowest BCUT2D eigenvalue weighted by molar-refractivity contribution is -0.118. The summed E-state index contributed by atoms with van der Waals surface area (Å²) in [4.78, 5) is 29.5. The van der Waals surface area contributed by atoms with Crippen molar-refractivity contribution in [1.82, 2.24) is 13.4 Å². The van der Waals surface area contributed by atoms with E-state index in [1.807, 2.05) is 47.3 Å². The molecule has 32 heavy (non-hydrogen) atoms. The number of sulfonamides is 1. The Morgan fingerprint density at radius 3 is 2.41 bits per heavy atom. The fourth-order valence-electron chi connectivity index (χ4n) is 3.18. The van der Waals surface area contributed by atoms with Crippen molar-refractivity contribution in [3.8, 4) is 0 Å². The quantitative estimate of drug-likeness (QED) is 0.500. The van der Waals surface area contributed by atoms with Crippen LogP contribution in [0.3, 0.4) is 0 Å². The summed E-state index contributed by atoms with van der Waals surface area (Å²) >= 11 is 1.32. The van der Waals surface area contributed by atoms with Gasteiger partial charge >= 0.3 is 0 Å². The van der Waals surface area contributed by atoms with Crippen LogP contribution in [0, 0.1) is 6.92 Å². The highest BCUT2D eigenvalue weighted by molar-refractivity contribution is 7.89. The van der Waals surface area contributed by atoms with Crippen molar-refractivity contribution in [3.63, 3.8) is 0 Å². The van der Waals surface area contributed by atoms with Gasteiger partial charge in [0.1, 0.15) is 6.54 Å². The van der Waals surface area contributed by atoms with E-state index < -0.39 is 21.5 Å². The van der Waals surface area contributed by atoms with E-state index in [-0.39, 0.29) is 11.4 Å². The first kappa shape index (κ1) is 23.8.